The minimum atomic E-state index is 0.205. The molecule has 0 radical (unpaired) electrons. The van der Waals surface area contributed by atoms with Gasteiger partial charge >= 0.3 is 0 Å². The zero-order valence-corrected chi connectivity index (χ0v) is 11.2. The standard InChI is InChI=1S/C13H26N2O2/c1-16-10-12(17-2)9-15-8-7-14-13(11-15)5-3-4-6-13/h12,14H,3-11H2,1-2H3. The first-order chi connectivity index (χ1) is 8.28. The van der Waals surface area contributed by atoms with Gasteiger partial charge in [0.05, 0.1) is 12.7 Å². The molecule has 0 bridgehead atoms. The van der Waals surface area contributed by atoms with Gasteiger partial charge in [0.25, 0.3) is 0 Å². The highest BCUT2D eigenvalue weighted by Crippen LogP contribution is 2.31. The SMILES string of the molecule is COCC(CN1CCNC2(CCCC2)C1)OC. The predicted molar refractivity (Wildman–Crippen MR) is 68.3 cm³/mol. The molecule has 2 rings (SSSR count). The van der Waals surface area contributed by atoms with E-state index in [9.17, 15) is 0 Å². The second kappa shape index (κ2) is 6.14. The number of ether oxygens (including phenoxy) is 2. The lowest BCUT2D eigenvalue weighted by molar-refractivity contribution is -0.00500. The van der Waals surface area contributed by atoms with Gasteiger partial charge in [-0.3, -0.25) is 4.90 Å². The number of nitrogens with zero attached hydrogens (tertiary/aromatic N) is 1. The molecule has 1 spiro atoms. The van der Waals surface area contributed by atoms with Crippen molar-refractivity contribution in [3.05, 3.63) is 0 Å². The van der Waals surface area contributed by atoms with Crippen LogP contribution in [0.15, 0.2) is 0 Å². The summed E-state index contributed by atoms with van der Waals surface area (Å²) >= 11 is 0. The number of piperazine rings is 1. The van der Waals surface area contributed by atoms with Gasteiger partial charge in [0, 0.05) is 45.9 Å². The molecule has 0 aromatic rings. The van der Waals surface area contributed by atoms with Crippen LogP contribution in [0.25, 0.3) is 0 Å². The lowest BCUT2D eigenvalue weighted by Crippen LogP contribution is -2.60. The molecule has 0 amide bonds. The second-order valence-corrected chi connectivity index (χ2v) is 5.46. The van der Waals surface area contributed by atoms with E-state index in [0.717, 1.165) is 19.6 Å². The smallest absolute Gasteiger partial charge is 0.0931 e. The van der Waals surface area contributed by atoms with Crippen molar-refractivity contribution >= 4 is 0 Å². The zero-order valence-electron chi connectivity index (χ0n) is 11.2. The van der Waals surface area contributed by atoms with Crippen LogP contribution in [-0.2, 0) is 9.47 Å². The molecular weight excluding hydrogens is 216 g/mol. The number of rotatable bonds is 5. The second-order valence-electron chi connectivity index (χ2n) is 5.46. The van der Waals surface area contributed by atoms with Crippen LogP contribution in [-0.4, -0.2) is 63.5 Å². The Bertz CT molecular complexity index is 229. The molecule has 2 fully saturated rings. The van der Waals surface area contributed by atoms with E-state index in [1.54, 1.807) is 14.2 Å². The molecule has 2 aliphatic rings. The van der Waals surface area contributed by atoms with Gasteiger partial charge < -0.3 is 14.8 Å². The topological polar surface area (TPSA) is 33.7 Å². The van der Waals surface area contributed by atoms with E-state index in [4.69, 9.17) is 9.47 Å². The van der Waals surface area contributed by atoms with Crippen molar-refractivity contribution in [3.8, 4) is 0 Å². The Morgan fingerprint density at radius 2 is 2.06 bits per heavy atom. The summed E-state index contributed by atoms with van der Waals surface area (Å²) in [5, 5.41) is 3.73. The van der Waals surface area contributed by atoms with E-state index in [1.165, 1.54) is 32.2 Å². The third-order valence-electron chi connectivity index (χ3n) is 4.16. The summed E-state index contributed by atoms with van der Waals surface area (Å²) in [7, 11) is 3.51. The summed E-state index contributed by atoms with van der Waals surface area (Å²) in [5.74, 6) is 0. The van der Waals surface area contributed by atoms with E-state index in [-0.39, 0.29) is 6.10 Å². The molecule has 1 atom stereocenters. The highest BCUT2D eigenvalue weighted by atomic mass is 16.5. The van der Waals surface area contributed by atoms with E-state index < -0.39 is 0 Å². The first-order valence-electron chi connectivity index (χ1n) is 6.77. The maximum Gasteiger partial charge on any atom is 0.0931 e. The zero-order chi connectivity index (χ0) is 12.1. The third-order valence-corrected chi connectivity index (χ3v) is 4.16. The average Bonchev–Trinajstić information content (AvgIpc) is 2.77. The van der Waals surface area contributed by atoms with Gasteiger partial charge in [0.15, 0.2) is 0 Å². The van der Waals surface area contributed by atoms with E-state index >= 15 is 0 Å². The van der Waals surface area contributed by atoms with Crippen LogP contribution < -0.4 is 5.32 Å². The van der Waals surface area contributed by atoms with E-state index in [0.29, 0.717) is 12.1 Å². The molecule has 1 N–H and O–H groups in total. The quantitative estimate of drug-likeness (QED) is 0.775. The van der Waals surface area contributed by atoms with Crippen LogP contribution >= 0.6 is 0 Å². The fourth-order valence-corrected chi connectivity index (χ4v) is 3.25. The van der Waals surface area contributed by atoms with Crippen LogP contribution in [0.2, 0.25) is 0 Å². The Kier molecular flexibility index (Phi) is 4.79. The largest absolute Gasteiger partial charge is 0.382 e. The van der Waals surface area contributed by atoms with Gasteiger partial charge in [-0.15, -0.1) is 0 Å². The molecule has 1 saturated carbocycles. The molecular formula is C13H26N2O2. The van der Waals surface area contributed by atoms with Crippen molar-refractivity contribution in [2.75, 3.05) is 47.0 Å². The molecule has 1 heterocycles. The van der Waals surface area contributed by atoms with Gasteiger partial charge in [-0.25, -0.2) is 0 Å². The maximum absolute atomic E-state index is 5.46. The molecule has 1 aliphatic carbocycles. The van der Waals surface area contributed by atoms with E-state index in [2.05, 4.69) is 10.2 Å². The number of nitrogens with one attached hydrogen (secondary N) is 1. The fourth-order valence-electron chi connectivity index (χ4n) is 3.25. The molecule has 1 aliphatic heterocycles. The Labute approximate surface area is 105 Å². The molecule has 0 aromatic heterocycles. The van der Waals surface area contributed by atoms with Crippen molar-refractivity contribution < 1.29 is 9.47 Å². The average molecular weight is 242 g/mol. The van der Waals surface area contributed by atoms with Crippen LogP contribution in [0.3, 0.4) is 0 Å². The highest BCUT2D eigenvalue weighted by Gasteiger charge is 2.37. The van der Waals surface area contributed by atoms with Gasteiger partial charge in [0.2, 0.25) is 0 Å². The third kappa shape index (κ3) is 3.41. The van der Waals surface area contributed by atoms with Crippen molar-refractivity contribution in [2.24, 2.45) is 0 Å². The molecule has 4 nitrogen and oxygen atoms in total. The number of methoxy groups -OCH3 is 2. The Hall–Kier alpha value is -0.160. The fraction of sp³-hybridized carbons (Fsp3) is 1.00. The van der Waals surface area contributed by atoms with Gasteiger partial charge in [-0.1, -0.05) is 12.8 Å². The molecule has 1 saturated heterocycles. The molecule has 100 valence electrons. The summed E-state index contributed by atoms with van der Waals surface area (Å²) in [5.41, 5.74) is 0.406. The monoisotopic (exact) mass is 242 g/mol. The summed E-state index contributed by atoms with van der Waals surface area (Å²) in [6, 6.07) is 0. The Morgan fingerprint density at radius 1 is 1.29 bits per heavy atom. The molecule has 1 unspecified atom stereocenters. The van der Waals surface area contributed by atoms with Gasteiger partial charge in [0.1, 0.15) is 0 Å². The highest BCUT2D eigenvalue weighted by molar-refractivity contribution is 4.98. The van der Waals surface area contributed by atoms with Crippen LogP contribution in [0.1, 0.15) is 25.7 Å². The summed E-state index contributed by atoms with van der Waals surface area (Å²) in [6.45, 7) is 5.10. The van der Waals surface area contributed by atoms with Gasteiger partial charge in [-0.2, -0.15) is 0 Å². The summed E-state index contributed by atoms with van der Waals surface area (Å²) in [6.07, 6.45) is 5.65. The predicted octanol–water partition coefficient (Wildman–Crippen LogP) is 0.866. The summed E-state index contributed by atoms with van der Waals surface area (Å²) in [4.78, 5) is 2.54. The van der Waals surface area contributed by atoms with Crippen LogP contribution in [0.5, 0.6) is 0 Å². The van der Waals surface area contributed by atoms with Crippen molar-refractivity contribution in [3.63, 3.8) is 0 Å². The van der Waals surface area contributed by atoms with Crippen molar-refractivity contribution in [1.82, 2.24) is 10.2 Å². The first-order valence-corrected chi connectivity index (χ1v) is 6.77. The van der Waals surface area contributed by atoms with Gasteiger partial charge in [-0.05, 0) is 12.8 Å². The first kappa shape index (κ1) is 13.3. The van der Waals surface area contributed by atoms with Crippen LogP contribution in [0, 0.1) is 0 Å². The molecule has 17 heavy (non-hydrogen) atoms. The van der Waals surface area contributed by atoms with E-state index in [1.807, 2.05) is 0 Å². The normalized spacial score (nSPS) is 26.5. The lowest BCUT2D eigenvalue weighted by Gasteiger charge is -2.42. The number of hydrogen-bond acceptors (Lipinski definition) is 4. The van der Waals surface area contributed by atoms with Crippen molar-refractivity contribution in [1.29, 1.82) is 0 Å². The Balaban J connectivity index is 1.84. The summed E-state index contributed by atoms with van der Waals surface area (Å²) < 4.78 is 10.6. The van der Waals surface area contributed by atoms with Crippen LogP contribution in [0.4, 0.5) is 0 Å². The minimum absolute atomic E-state index is 0.205. The molecule has 0 aromatic carbocycles. The number of hydrogen-bond donors (Lipinski definition) is 1. The minimum Gasteiger partial charge on any atom is -0.382 e. The van der Waals surface area contributed by atoms with Crippen molar-refractivity contribution in [2.45, 2.75) is 37.3 Å². The lowest BCUT2D eigenvalue weighted by atomic mass is 9.94. The maximum atomic E-state index is 5.46. The molecule has 4 heteroatoms. The Morgan fingerprint density at radius 3 is 2.71 bits per heavy atom.